The van der Waals surface area contributed by atoms with Gasteiger partial charge in [0.2, 0.25) is 5.96 Å². The van der Waals surface area contributed by atoms with E-state index in [1.165, 1.54) is 57.7 Å². The average Bonchev–Trinajstić information content (AvgIpc) is 3.37. The van der Waals surface area contributed by atoms with Crippen LogP contribution in [0.15, 0.2) is 53.4 Å². The molecular weight excluding hydrogens is 483 g/mol. The van der Waals surface area contributed by atoms with Crippen LogP contribution in [0.3, 0.4) is 0 Å². The number of guanidine groups is 1. The number of rotatable bonds is 8. The summed E-state index contributed by atoms with van der Waals surface area (Å²) in [5.41, 5.74) is 5.65. The number of carbonyl (C=O) groups is 1. The Morgan fingerprint density at radius 3 is 2.46 bits per heavy atom. The first kappa shape index (κ1) is 25.4. The molecule has 0 radical (unpaired) electrons. The number of furan rings is 1. The van der Waals surface area contributed by atoms with Crippen molar-refractivity contribution in [2.75, 3.05) is 19.2 Å². The molecule has 3 rings (SSSR count). The van der Waals surface area contributed by atoms with Gasteiger partial charge < -0.3 is 19.6 Å². The molecule has 12 nitrogen and oxygen atoms in total. The van der Waals surface area contributed by atoms with Gasteiger partial charge in [-0.05, 0) is 31.2 Å². The van der Waals surface area contributed by atoms with Crippen LogP contribution in [0.1, 0.15) is 23.3 Å². The standard InChI is InChI=1S/C21H23FN6O6S/c1-13(9-19-25-11-14(22)12-26-19)35(30,31)28(21(23)24)27(20(29)17-5-4-8-34-17)16-7-6-15(32-2)10-18(16)33-3/h4-8,10-13H,9H2,1-3H3,(H3,23,24)/t13-/m0/s1. The van der Waals surface area contributed by atoms with Gasteiger partial charge in [-0.15, -0.1) is 4.41 Å². The van der Waals surface area contributed by atoms with Crippen LogP contribution < -0.4 is 20.2 Å². The molecular formula is C21H23FN6O6S. The molecule has 0 saturated carbocycles. The van der Waals surface area contributed by atoms with Gasteiger partial charge in [-0.25, -0.2) is 22.8 Å². The topological polar surface area (TPSA) is 165 Å². The summed E-state index contributed by atoms with van der Waals surface area (Å²) in [6.07, 6.45) is 2.78. The number of sulfonamides is 1. The number of nitrogens with one attached hydrogen (secondary N) is 1. The van der Waals surface area contributed by atoms with Gasteiger partial charge in [-0.1, -0.05) is 0 Å². The predicted octanol–water partition coefficient (Wildman–Crippen LogP) is 1.94. The Labute approximate surface area is 200 Å². The van der Waals surface area contributed by atoms with Crippen molar-refractivity contribution in [2.24, 2.45) is 5.73 Å². The van der Waals surface area contributed by atoms with Crippen molar-refractivity contribution in [3.8, 4) is 11.5 Å². The maximum Gasteiger partial charge on any atom is 0.313 e. The Kier molecular flexibility index (Phi) is 7.54. The molecule has 0 spiro atoms. The molecule has 2 heterocycles. The summed E-state index contributed by atoms with van der Waals surface area (Å²) in [7, 11) is -1.81. The number of halogens is 1. The number of anilines is 1. The zero-order chi connectivity index (χ0) is 25.8. The van der Waals surface area contributed by atoms with Gasteiger partial charge in [0.1, 0.15) is 23.0 Å². The smallest absolute Gasteiger partial charge is 0.313 e. The van der Waals surface area contributed by atoms with Crippen LogP contribution in [-0.4, -0.2) is 54.1 Å². The highest BCUT2D eigenvalue weighted by molar-refractivity contribution is 7.90. The van der Waals surface area contributed by atoms with Crippen LogP contribution in [0.25, 0.3) is 0 Å². The summed E-state index contributed by atoms with van der Waals surface area (Å²) in [6, 6.07) is 7.04. The van der Waals surface area contributed by atoms with Crippen LogP contribution in [-0.2, 0) is 16.4 Å². The number of hydrogen-bond acceptors (Lipinski definition) is 9. The van der Waals surface area contributed by atoms with Crippen LogP contribution in [0.4, 0.5) is 10.1 Å². The fourth-order valence-corrected chi connectivity index (χ4v) is 4.45. The Balaban J connectivity index is 2.14. The van der Waals surface area contributed by atoms with Crippen molar-refractivity contribution >= 4 is 27.6 Å². The van der Waals surface area contributed by atoms with E-state index >= 15 is 0 Å². The Morgan fingerprint density at radius 1 is 1.23 bits per heavy atom. The van der Waals surface area contributed by atoms with Crippen molar-refractivity contribution < 1.29 is 31.5 Å². The molecule has 1 aromatic carbocycles. The van der Waals surface area contributed by atoms with Crippen LogP contribution in [0, 0.1) is 11.2 Å². The third-order valence-corrected chi connectivity index (χ3v) is 6.85. The van der Waals surface area contributed by atoms with E-state index < -0.39 is 33.0 Å². The number of aromatic nitrogens is 2. The molecule has 186 valence electrons. The minimum atomic E-state index is -4.55. The van der Waals surface area contributed by atoms with Crippen LogP contribution in [0.5, 0.6) is 11.5 Å². The Hall–Kier alpha value is -4.20. The van der Waals surface area contributed by atoms with E-state index in [0.717, 1.165) is 12.4 Å². The lowest BCUT2D eigenvalue weighted by molar-refractivity contribution is 0.0931. The van der Waals surface area contributed by atoms with Crippen LogP contribution >= 0.6 is 0 Å². The van der Waals surface area contributed by atoms with Gasteiger partial charge in [0.05, 0.1) is 38.1 Å². The van der Waals surface area contributed by atoms with Gasteiger partial charge in [0.25, 0.3) is 10.0 Å². The molecule has 0 aliphatic rings. The number of amides is 1. The van der Waals surface area contributed by atoms with Gasteiger partial charge in [-0.2, -0.15) is 5.01 Å². The number of hydrogen-bond donors (Lipinski definition) is 2. The van der Waals surface area contributed by atoms with Gasteiger partial charge in [0, 0.05) is 12.5 Å². The number of nitrogens with zero attached hydrogens (tertiary/aromatic N) is 4. The monoisotopic (exact) mass is 506 g/mol. The predicted molar refractivity (Wildman–Crippen MR) is 123 cm³/mol. The molecule has 0 aliphatic heterocycles. The van der Waals surface area contributed by atoms with E-state index in [1.54, 1.807) is 0 Å². The Morgan fingerprint density at radius 2 is 1.91 bits per heavy atom. The summed E-state index contributed by atoms with van der Waals surface area (Å²) in [5, 5.41) is 7.45. The third-order valence-electron chi connectivity index (χ3n) is 4.82. The SMILES string of the molecule is COc1ccc(N(C(=O)c2ccco2)N(C(=N)N)S(=O)(=O)[C@@H](C)Cc2ncc(F)cn2)c(OC)c1. The maximum absolute atomic E-state index is 13.6. The normalized spacial score (nSPS) is 12.0. The first-order valence-corrected chi connectivity index (χ1v) is 11.5. The molecule has 0 bridgehead atoms. The lowest BCUT2D eigenvalue weighted by Crippen LogP contribution is -2.57. The maximum atomic E-state index is 13.6. The van der Waals surface area contributed by atoms with Gasteiger partial charge >= 0.3 is 5.91 Å². The highest BCUT2D eigenvalue weighted by Crippen LogP contribution is 2.35. The molecule has 0 fully saturated rings. The molecule has 3 N–H and O–H groups in total. The summed E-state index contributed by atoms with van der Waals surface area (Å²) in [4.78, 5) is 21.0. The first-order valence-electron chi connectivity index (χ1n) is 10.0. The first-order chi connectivity index (χ1) is 16.6. The number of hydrazine groups is 1. The second-order valence-electron chi connectivity index (χ2n) is 7.14. The van der Waals surface area contributed by atoms with Crippen LogP contribution in [0.2, 0.25) is 0 Å². The number of methoxy groups -OCH3 is 2. The van der Waals surface area contributed by atoms with Crippen molar-refractivity contribution in [2.45, 2.75) is 18.6 Å². The quantitative estimate of drug-likeness (QED) is 0.264. The third kappa shape index (κ3) is 5.32. The van der Waals surface area contributed by atoms with E-state index in [9.17, 15) is 17.6 Å². The second-order valence-corrected chi connectivity index (χ2v) is 9.32. The lowest BCUT2D eigenvalue weighted by atomic mass is 10.2. The minimum absolute atomic E-state index is 0.0388. The average molecular weight is 507 g/mol. The van der Waals surface area contributed by atoms with Crippen molar-refractivity contribution in [1.29, 1.82) is 5.41 Å². The van der Waals surface area contributed by atoms with Crippen molar-refractivity contribution in [1.82, 2.24) is 14.4 Å². The molecule has 3 aromatic rings. The molecule has 35 heavy (non-hydrogen) atoms. The summed E-state index contributed by atoms with van der Waals surface area (Å²) in [5.74, 6) is -2.36. The molecule has 14 heteroatoms. The molecule has 0 saturated heterocycles. The second kappa shape index (κ2) is 10.4. The number of benzene rings is 1. The van der Waals surface area contributed by atoms with Gasteiger partial charge in [0.15, 0.2) is 11.6 Å². The zero-order valence-corrected chi connectivity index (χ0v) is 19.8. The molecule has 1 amide bonds. The van der Waals surface area contributed by atoms with Gasteiger partial charge in [-0.3, -0.25) is 10.2 Å². The van der Waals surface area contributed by atoms with E-state index in [4.69, 9.17) is 25.0 Å². The molecule has 0 unspecified atom stereocenters. The highest BCUT2D eigenvalue weighted by atomic mass is 32.2. The summed E-state index contributed by atoms with van der Waals surface area (Å²) >= 11 is 0. The number of ether oxygens (including phenoxy) is 2. The summed E-state index contributed by atoms with van der Waals surface area (Å²) in [6.45, 7) is 1.32. The van der Waals surface area contributed by atoms with Crippen molar-refractivity contribution in [3.63, 3.8) is 0 Å². The lowest BCUT2D eigenvalue weighted by Gasteiger charge is -2.35. The minimum Gasteiger partial charge on any atom is -0.497 e. The Bertz CT molecular complexity index is 1300. The van der Waals surface area contributed by atoms with E-state index in [-0.39, 0.29) is 29.4 Å². The van der Waals surface area contributed by atoms with E-state index in [2.05, 4.69) is 9.97 Å². The molecule has 0 aliphatic carbocycles. The van der Waals surface area contributed by atoms with E-state index in [1.807, 2.05) is 0 Å². The van der Waals surface area contributed by atoms with Crippen molar-refractivity contribution in [3.05, 3.63) is 66.4 Å². The fraction of sp³-hybridized carbons (Fsp3) is 0.238. The molecule has 2 aromatic heterocycles. The van der Waals surface area contributed by atoms with E-state index in [0.29, 0.717) is 15.2 Å². The number of nitrogens with two attached hydrogens (primary N) is 1. The summed E-state index contributed by atoms with van der Waals surface area (Å²) < 4.78 is 56.5. The number of carbonyl (C=O) groups excluding carboxylic acids is 1. The fourth-order valence-electron chi connectivity index (χ4n) is 3.09. The highest BCUT2D eigenvalue weighted by Gasteiger charge is 2.41. The molecule has 1 atom stereocenters. The largest absolute Gasteiger partial charge is 0.497 e. The zero-order valence-electron chi connectivity index (χ0n) is 19.0.